The average molecular weight is 330 g/mol. The minimum absolute atomic E-state index is 0.0973. The molecule has 24 heavy (non-hydrogen) atoms. The van der Waals surface area contributed by atoms with Crippen LogP contribution in [0, 0.1) is 6.92 Å². The molecule has 1 N–H and O–H groups in total. The van der Waals surface area contributed by atoms with Crippen molar-refractivity contribution in [2.75, 3.05) is 14.2 Å². The summed E-state index contributed by atoms with van der Waals surface area (Å²) in [5, 5.41) is 16.3. The van der Waals surface area contributed by atoms with E-state index in [2.05, 4.69) is 5.16 Å². The number of hydrogen-bond donors (Lipinski definition) is 1. The molecule has 0 atom stereocenters. The zero-order valence-corrected chi connectivity index (χ0v) is 14.2. The maximum atomic E-state index is 12.9. The third-order valence-electron chi connectivity index (χ3n) is 4.94. The van der Waals surface area contributed by atoms with E-state index in [1.54, 1.807) is 0 Å². The highest BCUT2D eigenvalue weighted by molar-refractivity contribution is 6.23. The molecule has 1 aliphatic heterocycles. The Morgan fingerprint density at radius 2 is 1.88 bits per heavy atom. The normalized spacial score (nSPS) is 24.0. The van der Waals surface area contributed by atoms with Crippen LogP contribution in [0.2, 0.25) is 0 Å². The first-order valence-electron chi connectivity index (χ1n) is 8.02. The maximum absolute atomic E-state index is 12.9. The number of aryl methyl sites for hydroxylation is 1. The fourth-order valence-corrected chi connectivity index (χ4v) is 3.69. The molecule has 1 aromatic carbocycles. The van der Waals surface area contributed by atoms with Crippen LogP contribution < -0.4 is 0 Å². The highest BCUT2D eigenvalue weighted by Crippen LogP contribution is 2.47. The lowest BCUT2D eigenvalue weighted by atomic mass is 9.79. The van der Waals surface area contributed by atoms with Crippen molar-refractivity contribution in [3.63, 3.8) is 0 Å². The van der Waals surface area contributed by atoms with Crippen molar-refractivity contribution in [1.82, 2.24) is 5.06 Å². The highest BCUT2D eigenvalue weighted by atomic mass is 16.7. The van der Waals surface area contributed by atoms with Gasteiger partial charge in [0.25, 0.3) is 5.91 Å². The standard InChI is InChI=1S/C18H22N2O4/c1-12-6-4-5-7-14(12)15-16(21)18(20(24-3)17(15)22)10-8-13(9-11-18)19-23-2/h4-7,21H,8-11H2,1-3H3. The Morgan fingerprint density at radius 1 is 1.21 bits per heavy atom. The topological polar surface area (TPSA) is 71.4 Å². The molecular weight excluding hydrogens is 308 g/mol. The van der Waals surface area contributed by atoms with Crippen LogP contribution in [0.25, 0.3) is 5.57 Å². The molecule has 1 fully saturated rings. The van der Waals surface area contributed by atoms with E-state index in [-0.39, 0.29) is 11.7 Å². The number of amides is 1. The van der Waals surface area contributed by atoms with Crippen molar-refractivity contribution >= 4 is 17.2 Å². The number of hydrogen-bond acceptors (Lipinski definition) is 5. The van der Waals surface area contributed by atoms with E-state index < -0.39 is 5.54 Å². The monoisotopic (exact) mass is 330 g/mol. The molecule has 0 bridgehead atoms. The molecule has 3 rings (SSSR count). The van der Waals surface area contributed by atoms with Crippen LogP contribution in [0.5, 0.6) is 0 Å². The summed E-state index contributed by atoms with van der Waals surface area (Å²) in [6.07, 6.45) is 2.39. The quantitative estimate of drug-likeness (QED) is 0.865. The van der Waals surface area contributed by atoms with Crippen molar-refractivity contribution < 1.29 is 19.6 Å². The van der Waals surface area contributed by atoms with Gasteiger partial charge in [0.15, 0.2) is 0 Å². The summed E-state index contributed by atoms with van der Waals surface area (Å²) in [7, 11) is 2.98. The first kappa shape index (κ1) is 16.5. The summed E-state index contributed by atoms with van der Waals surface area (Å²) in [6, 6.07) is 7.55. The molecule has 128 valence electrons. The molecule has 0 radical (unpaired) electrons. The predicted molar refractivity (Wildman–Crippen MR) is 90.2 cm³/mol. The average Bonchev–Trinajstić information content (AvgIpc) is 2.78. The zero-order valence-electron chi connectivity index (χ0n) is 14.2. The van der Waals surface area contributed by atoms with E-state index in [0.717, 1.165) is 16.8 Å². The summed E-state index contributed by atoms with van der Waals surface area (Å²) in [5.41, 5.74) is 2.13. The second kappa shape index (κ2) is 6.28. The van der Waals surface area contributed by atoms with Gasteiger partial charge in [-0.15, -0.1) is 0 Å². The summed E-state index contributed by atoms with van der Waals surface area (Å²) >= 11 is 0. The first-order chi connectivity index (χ1) is 11.5. The van der Waals surface area contributed by atoms with Crippen molar-refractivity contribution in [2.24, 2.45) is 5.16 Å². The second-order valence-electron chi connectivity index (χ2n) is 6.19. The number of rotatable bonds is 3. The Kier molecular flexibility index (Phi) is 4.32. The predicted octanol–water partition coefficient (Wildman–Crippen LogP) is 2.98. The molecule has 1 aromatic rings. The van der Waals surface area contributed by atoms with E-state index in [0.29, 0.717) is 31.3 Å². The number of hydroxylamine groups is 2. The SMILES string of the molecule is CON=C1CCC2(CC1)C(O)=C(c1ccccc1C)C(=O)N2OC. The largest absolute Gasteiger partial charge is 0.509 e. The van der Waals surface area contributed by atoms with Crippen LogP contribution in [0.3, 0.4) is 0 Å². The molecule has 1 aliphatic carbocycles. The Hall–Kier alpha value is -2.34. The van der Waals surface area contributed by atoms with Gasteiger partial charge in [0, 0.05) is 0 Å². The lowest BCUT2D eigenvalue weighted by molar-refractivity contribution is -0.198. The van der Waals surface area contributed by atoms with E-state index in [9.17, 15) is 9.90 Å². The Morgan fingerprint density at radius 3 is 2.46 bits per heavy atom. The molecule has 0 aromatic heterocycles. The van der Waals surface area contributed by atoms with Gasteiger partial charge < -0.3 is 9.94 Å². The van der Waals surface area contributed by atoms with E-state index in [1.807, 2.05) is 31.2 Å². The lowest BCUT2D eigenvalue weighted by Gasteiger charge is -2.39. The number of aliphatic hydroxyl groups excluding tert-OH is 1. The van der Waals surface area contributed by atoms with Gasteiger partial charge in [-0.1, -0.05) is 29.4 Å². The molecule has 1 spiro atoms. The smallest absolute Gasteiger partial charge is 0.282 e. The minimum Gasteiger partial charge on any atom is -0.509 e. The molecule has 2 aliphatic rings. The Balaban J connectivity index is 2.05. The van der Waals surface area contributed by atoms with Crippen molar-refractivity contribution in [3.8, 4) is 0 Å². The summed E-state index contributed by atoms with van der Waals surface area (Å²) in [4.78, 5) is 23.1. The lowest BCUT2D eigenvalue weighted by Crippen LogP contribution is -2.50. The summed E-state index contributed by atoms with van der Waals surface area (Å²) in [6.45, 7) is 1.93. The van der Waals surface area contributed by atoms with E-state index in [1.165, 1.54) is 19.3 Å². The van der Waals surface area contributed by atoms with Gasteiger partial charge in [-0.05, 0) is 43.7 Å². The Labute approximate surface area is 141 Å². The fraction of sp³-hybridized carbons (Fsp3) is 0.444. The van der Waals surface area contributed by atoms with Gasteiger partial charge in [0.2, 0.25) is 0 Å². The van der Waals surface area contributed by atoms with Crippen molar-refractivity contribution in [3.05, 3.63) is 41.2 Å². The zero-order chi connectivity index (χ0) is 17.3. The molecule has 0 saturated heterocycles. The number of carbonyl (C=O) groups is 1. The number of oxime groups is 1. The molecule has 6 heteroatoms. The van der Waals surface area contributed by atoms with Crippen LogP contribution in [-0.2, 0) is 14.5 Å². The number of benzene rings is 1. The molecular formula is C18H22N2O4. The number of aliphatic hydroxyl groups is 1. The van der Waals surface area contributed by atoms with Crippen LogP contribution in [0.4, 0.5) is 0 Å². The summed E-state index contributed by atoms with van der Waals surface area (Å²) < 4.78 is 0. The van der Waals surface area contributed by atoms with Gasteiger partial charge in [-0.25, -0.2) is 5.06 Å². The van der Waals surface area contributed by atoms with Crippen molar-refractivity contribution in [1.29, 1.82) is 0 Å². The first-order valence-corrected chi connectivity index (χ1v) is 8.02. The maximum Gasteiger partial charge on any atom is 0.282 e. The Bertz CT molecular complexity index is 713. The van der Waals surface area contributed by atoms with Crippen LogP contribution >= 0.6 is 0 Å². The molecule has 1 amide bonds. The van der Waals surface area contributed by atoms with Crippen LogP contribution in [0.15, 0.2) is 35.2 Å². The second-order valence-corrected chi connectivity index (χ2v) is 6.19. The minimum atomic E-state index is -0.823. The third kappa shape index (κ3) is 2.38. The van der Waals surface area contributed by atoms with Crippen LogP contribution in [0.1, 0.15) is 36.8 Å². The third-order valence-corrected chi connectivity index (χ3v) is 4.94. The summed E-state index contributed by atoms with van der Waals surface area (Å²) in [5.74, 6) is -0.198. The molecule has 1 saturated carbocycles. The van der Waals surface area contributed by atoms with Gasteiger partial charge >= 0.3 is 0 Å². The highest BCUT2D eigenvalue weighted by Gasteiger charge is 2.54. The molecule has 0 unspecified atom stereocenters. The van der Waals surface area contributed by atoms with Gasteiger partial charge in [-0.2, -0.15) is 0 Å². The van der Waals surface area contributed by atoms with Gasteiger partial charge in [-0.3, -0.25) is 9.63 Å². The fourth-order valence-electron chi connectivity index (χ4n) is 3.69. The van der Waals surface area contributed by atoms with E-state index >= 15 is 0 Å². The van der Waals surface area contributed by atoms with Crippen molar-refractivity contribution in [2.45, 2.75) is 38.1 Å². The molecule has 1 heterocycles. The van der Waals surface area contributed by atoms with E-state index in [4.69, 9.17) is 9.68 Å². The van der Waals surface area contributed by atoms with Gasteiger partial charge in [0.05, 0.1) is 18.4 Å². The number of nitrogens with zero attached hydrogens (tertiary/aromatic N) is 2. The number of carbonyl (C=O) groups excluding carboxylic acids is 1. The molecule has 6 nitrogen and oxygen atoms in total. The van der Waals surface area contributed by atoms with Gasteiger partial charge in [0.1, 0.15) is 18.4 Å². The van der Waals surface area contributed by atoms with Crippen LogP contribution in [-0.4, -0.2) is 41.5 Å².